The first kappa shape index (κ1) is 14.6. The third-order valence-corrected chi connectivity index (χ3v) is 4.54. The van der Waals surface area contributed by atoms with Gasteiger partial charge in [-0.1, -0.05) is 18.2 Å². The normalized spacial score (nSPS) is 12.6. The zero-order valence-electron chi connectivity index (χ0n) is 10.7. The maximum Gasteiger partial charge on any atom is 0.0734 e. The van der Waals surface area contributed by atoms with Crippen molar-refractivity contribution in [3.05, 3.63) is 46.7 Å². The molecule has 2 aromatic rings. The first-order valence-electron chi connectivity index (χ1n) is 6.11. The maximum absolute atomic E-state index is 5.70. The van der Waals surface area contributed by atoms with E-state index in [9.17, 15) is 0 Å². The third-order valence-electron chi connectivity index (χ3n) is 2.82. The minimum Gasteiger partial charge on any atom is -0.271 e. The van der Waals surface area contributed by atoms with E-state index in [4.69, 9.17) is 5.84 Å². The summed E-state index contributed by atoms with van der Waals surface area (Å²) in [6, 6.07) is 10.4. The van der Waals surface area contributed by atoms with Crippen LogP contribution in [0.25, 0.3) is 0 Å². The Bertz CT molecular complexity index is 515. The second-order valence-electron chi connectivity index (χ2n) is 4.04. The lowest BCUT2D eigenvalue weighted by Crippen LogP contribution is -2.31. The second kappa shape index (κ2) is 7.09. The standard InChI is InChI=1S/C13H17BrN4S/c1-2-18-13(11(14)8-16-18)12(17-15)9-19-10-6-4-3-5-7-10/h3-8,12,17H,2,9,15H2,1H3. The Labute approximate surface area is 125 Å². The molecule has 0 aliphatic heterocycles. The van der Waals surface area contributed by atoms with Crippen LogP contribution in [0.3, 0.4) is 0 Å². The summed E-state index contributed by atoms with van der Waals surface area (Å²) in [7, 11) is 0. The zero-order valence-corrected chi connectivity index (χ0v) is 13.1. The van der Waals surface area contributed by atoms with Gasteiger partial charge in [0, 0.05) is 17.2 Å². The molecule has 0 amide bonds. The van der Waals surface area contributed by atoms with Gasteiger partial charge in [0.2, 0.25) is 0 Å². The summed E-state index contributed by atoms with van der Waals surface area (Å²) in [5.74, 6) is 6.55. The van der Waals surface area contributed by atoms with Crippen molar-refractivity contribution in [2.45, 2.75) is 24.4 Å². The molecule has 3 N–H and O–H groups in total. The summed E-state index contributed by atoms with van der Waals surface area (Å²) in [6.45, 7) is 2.90. The van der Waals surface area contributed by atoms with Crippen LogP contribution < -0.4 is 11.3 Å². The molecule has 2 rings (SSSR count). The van der Waals surface area contributed by atoms with Crippen molar-refractivity contribution in [2.75, 3.05) is 5.75 Å². The van der Waals surface area contributed by atoms with Gasteiger partial charge in [-0.05, 0) is 35.0 Å². The number of hydrazine groups is 1. The topological polar surface area (TPSA) is 55.9 Å². The van der Waals surface area contributed by atoms with Gasteiger partial charge in [-0.25, -0.2) is 0 Å². The van der Waals surface area contributed by atoms with Crippen LogP contribution in [0.5, 0.6) is 0 Å². The van der Waals surface area contributed by atoms with Crippen molar-refractivity contribution in [1.29, 1.82) is 0 Å². The number of nitrogens with zero attached hydrogens (tertiary/aromatic N) is 2. The number of aryl methyl sites for hydroxylation is 1. The van der Waals surface area contributed by atoms with E-state index in [1.165, 1.54) is 4.90 Å². The minimum atomic E-state index is 0.0574. The number of halogens is 1. The molecule has 1 aromatic heterocycles. The molecule has 0 fully saturated rings. The predicted molar refractivity (Wildman–Crippen MR) is 82.8 cm³/mol. The molecule has 1 heterocycles. The van der Waals surface area contributed by atoms with Crippen molar-refractivity contribution in [3.8, 4) is 0 Å². The minimum absolute atomic E-state index is 0.0574. The van der Waals surface area contributed by atoms with E-state index in [2.05, 4.69) is 45.5 Å². The van der Waals surface area contributed by atoms with Crippen molar-refractivity contribution in [3.63, 3.8) is 0 Å². The van der Waals surface area contributed by atoms with E-state index in [1.807, 2.05) is 29.1 Å². The molecule has 0 bridgehead atoms. The summed E-state index contributed by atoms with van der Waals surface area (Å²) in [5.41, 5.74) is 3.97. The van der Waals surface area contributed by atoms with Crippen LogP contribution >= 0.6 is 27.7 Å². The largest absolute Gasteiger partial charge is 0.271 e. The highest BCUT2D eigenvalue weighted by Crippen LogP contribution is 2.28. The smallest absolute Gasteiger partial charge is 0.0734 e. The molecule has 102 valence electrons. The molecule has 0 spiro atoms. The molecule has 0 aliphatic rings. The van der Waals surface area contributed by atoms with Crippen molar-refractivity contribution in [2.24, 2.45) is 5.84 Å². The molecule has 4 nitrogen and oxygen atoms in total. The van der Waals surface area contributed by atoms with Crippen LogP contribution in [0, 0.1) is 0 Å². The highest BCUT2D eigenvalue weighted by atomic mass is 79.9. The van der Waals surface area contributed by atoms with Crippen LogP contribution in [0.4, 0.5) is 0 Å². The Morgan fingerprint density at radius 3 is 2.79 bits per heavy atom. The van der Waals surface area contributed by atoms with Gasteiger partial charge in [-0.15, -0.1) is 11.8 Å². The molecule has 1 unspecified atom stereocenters. The fraction of sp³-hybridized carbons (Fsp3) is 0.308. The van der Waals surface area contributed by atoms with E-state index in [-0.39, 0.29) is 6.04 Å². The Kier molecular flexibility index (Phi) is 5.45. The number of rotatable bonds is 6. The fourth-order valence-corrected chi connectivity index (χ4v) is 3.41. The van der Waals surface area contributed by atoms with Gasteiger partial charge in [0.15, 0.2) is 0 Å². The maximum atomic E-state index is 5.70. The van der Waals surface area contributed by atoms with Gasteiger partial charge >= 0.3 is 0 Å². The van der Waals surface area contributed by atoms with Gasteiger partial charge < -0.3 is 0 Å². The number of aromatic nitrogens is 2. The molecule has 1 atom stereocenters. The SMILES string of the molecule is CCn1ncc(Br)c1C(CSc1ccccc1)NN. The zero-order chi connectivity index (χ0) is 13.7. The second-order valence-corrected chi connectivity index (χ2v) is 5.98. The fourth-order valence-electron chi connectivity index (χ4n) is 1.87. The van der Waals surface area contributed by atoms with Crippen molar-refractivity contribution >= 4 is 27.7 Å². The van der Waals surface area contributed by atoms with Gasteiger partial charge in [0.25, 0.3) is 0 Å². The van der Waals surface area contributed by atoms with Gasteiger partial charge in [0.1, 0.15) is 0 Å². The molecule has 0 radical (unpaired) electrons. The highest BCUT2D eigenvalue weighted by Gasteiger charge is 2.18. The molecule has 0 saturated carbocycles. The number of thioether (sulfide) groups is 1. The first-order valence-corrected chi connectivity index (χ1v) is 7.89. The quantitative estimate of drug-likeness (QED) is 0.482. The monoisotopic (exact) mass is 340 g/mol. The van der Waals surface area contributed by atoms with Crippen molar-refractivity contribution < 1.29 is 0 Å². The number of benzene rings is 1. The Hall–Kier alpha value is -0.820. The highest BCUT2D eigenvalue weighted by molar-refractivity contribution is 9.10. The van der Waals surface area contributed by atoms with Crippen molar-refractivity contribution in [1.82, 2.24) is 15.2 Å². The lowest BCUT2D eigenvalue weighted by molar-refractivity contribution is 0.526. The molecule has 6 heteroatoms. The average molecular weight is 341 g/mol. The van der Waals surface area contributed by atoms with E-state index in [1.54, 1.807) is 11.8 Å². The summed E-state index contributed by atoms with van der Waals surface area (Å²) >= 11 is 5.31. The number of nitrogens with two attached hydrogens (primary N) is 1. The third kappa shape index (κ3) is 3.60. The number of nitrogens with one attached hydrogen (secondary N) is 1. The molecule has 0 aliphatic carbocycles. The van der Waals surface area contributed by atoms with Crippen LogP contribution in [0.2, 0.25) is 0 Å². The number of hydrogen-bond donors (Lipinski definition) is 2. The van der Waals surface area contributed by atoms with E-state index >= 15 is 0 Å². The summed E-state index contributed by atoms with van der Waals surface area (Å²) < 4.78 is 2.95. The Balaban J connectivity index is 2.10. The van der Waals surface area contributed by atoms with Gasteiger partial charge in [0.05, 0.1) is 22.4 Å². The van der Waals surface area contributed by atoms with E-state index < -0.39 is 0 Å². The molecule has 19 heavy (non-hydrogen) atoms. The lowest BCUT2D eigenvalue weighted by Gasteiger charge is -2.17. The van der Waals surface area contributed by atoms with Crippen LogP contribution in [-0.4, -0.2) is 15.5 Å². The molecular formula is C13H17BrN4S. The van der Waals surface area contributed by atoms with Crippen LogP contribution in [0.1, 0.15) is 18.7 Å². The van der Waals surface area contributed by atoms with E-state index in [0.717, 1.165) is 22.5 Å². The Morgan fingerprint density at radius 1 is 1.42 bits per heavy atom. The van der Waals surface area contributed by atoms with Gasteiger partial charge in [-0.3, -0.25) is 16.0 Å². The van der Waals surface area contributed by atoms with E-state index in [0.29, 0.717) is 0 Å². The van der Waals surface area contributed by atoms with Gasteiger partial charge in [-0.2, -0.15) is 5.10 Å². The molecular weight excluding hydrogens is 324 g/mol. The van der Waals surface area contributed by atoms with Crippen LogP contribution in [-0.2, 0) is 6.54 Å². The molecule has 1 aromatic carbocycles. The average Bonchev–Trinajstić information content (AvgIpc) is 2.82. The summed E-state index contributed by atoms with van der Waals surface area (Å²) in [5, 5.41) is 4.32. The molecule has 0 saturated heterocycles. The predicted octanol–water partition coefficient (Wildman–Crippen LogP) is 2.96. The summed E-state index contributed by atoms with van der Waals surface area (Å²) in [4.78, 5) is 1.24. The first-order chi connectivity index (χ1) is 9.26. The van der Waals surface area contributed by atoms with Crippen LogP contribution in [0.15, 0.2) is 45.9 Å². The number of hydrogen-bond acceptors (Lipinski definition) is 4. The lowest BCUT2D eigenvalue weighted by atomic mass is 10.2. The Morgan fingerprint density at radius 2 is 2.16 bits per heavy atom. The summed E-state index contributed by atoms with van der Waals surface area (Å²) in [6.07, 6.45) is 1.82.